The molecule has 25 heavy (non-hydrogen) atoms. The zero-order chi connectivity index (χ0) is 18.8. The molecule has 2 aromatic rings. The average molecular weight is 371 g/mol. The predicted molar refractivity (Wildman–Crippen MR) is 88.7 cm³/mol. The lowest BCUT2D eigenvalue weighted by Crippen LogP contribution is -2.33. The van der Waals surface area contributed by atoms with Crippen LogP contribution in [0.25, 0.3) is 0 Å². The molecule has 0 bridgehead atoms. The smallest absolute Gasteiger partial charge is 0.338 e. The topological polar surface area (TPSA) is 62.3 Å². The van der Waals surface area contributed by atoms with Crippen molar-refractivity contribution < 1.29 is 22.8 Å². The summed E-state index contributed by atoms with van der Waals surface area (Å²) in [6, 6.07) is 4.07. The Bertz CT molecular complexity index is 787. The molecule has 0 fully saturated rings. The minimum Gasteiger partial charge on any atom is -0.338 e. The van der Waals surface area contributed by atoms with Gasteiger partial charge in [0.15, 0.2) is 5.13 Å². The number of halogens is 3. The molecule has 0 aliphatic carbocycles. The number of nitrogens with zero attached hydrogens (tertiary/aromatic N) is 2. The number of benzene rings is 1. The van der Waals surface area contributed by atoms with Crippen LogP contribution in [-0.4, -0.2) is 34.8 Å². The highest BCUT2D eigenvalue weighted by atomic mass is 32.1. The van der Waals surface area contributed by atoms with Crippen LogP contribution in [0.4, 0.5) is 18.3 Å². The molecule has 0 aliphatic rings. The van der Waals surface area contributed by atoms with Crippen LogP contribution in [-0.2, 0) is 6.18 Å². The summed E-state index contributed by atoms with van der Waals surface area (Å²) in [7, 11) is 1.63. The summed E-state index contributed by atoms with van der Waals surface area (Å²) in [5, 5.41) is 4.04. The Hall–Kier alpha value is -2.42. The average Bonchev–Trinajstić information content (AvgIpc) is 3.01. The van der Waals surface area contributed by atoms with Gasteiger partial charge < -0.3 is 4.90 Å². The molecule has 2 amide bonds. The number of hydrogen-bond donors (Lipinski definition) is 1. The highest BCUT2D eigenvalue weighted by Gasteiger charge is 2.31. The second-order valence-corrected chi connectivity index (χ2v) is 6.44. The van der Waals surface area contributed by atoms with Crippen molar-refractivity contribution in [1.29, 1.82) is 0 Å². The second-order valence-electron chi connectivity index (χ2n) is 5.58. The van der Waals surface area contributed by atoms with Crippen molar-refractivity contribution in [2.24, 2.45) is 0 Å². The summed E-state index contributed by atoms with van der Waals surface area (Å²) in [5.41, 5.74) is -0.883. The Balaban J connectivity index is 2.13. The molecule has 5 nitrogen and oxygen atoms in total. The molecule has 0 aliphatic heterocycles. The van der Waals surface area contributed by atoms with Gasteiger partial charge in [0.1, 0.15) is 5.69 Å². The van der Waals surface area contributed by atoms with Crippen molar-refractivity contribution in [3.8, 4) is 0 Å². The molecule has 0 atom stereocenters. The molecule has 0 saturated carbocycles. The van der Waals surface area contributed by atoms with Crippen molar-refractivity contribution in [2.75, 3.05) is 12.4 Å². The van der Waals surface area contributed by atoms with E-state index >= 15 is 0 Å². The normalized spacial score (nSPS) is 11.5. The summed E-state index contributed by atoms with van der Waals surface area (Å²) in [5.74, 6) is -1.03. The van der Waals surface area contributed by atoms with E-state index in [4.69, 9.17) is 0 Å². The summed E-state index contributed by atoms with van der Waals surface area (Å²) in [6.07, 6.45) is -4.53. The number of alkyl halides is 3. The second kappa shape index (κ2) is 7.22. The Morgan fingerprint density at radius 2 is 1.96 bits per heavy atom. The third-order valence-corrected chi connectivity index (χ3v) is 4.25. The Labute approximate surface area is 146 Å². The Kier molecular flexibility index (Phi) is 5.46. The Morgan fingerprint density at radius 1 is 1.28 bits per heavy atom. The van der Waals surface area contributed by atoms with Crippen LogP contribution >= 0.6 is 11.3 Å². The SMILES string of the molecule is CC(C)N(C)C(=O)c1csc(NC(=O)c2cccc(C(F)(F)F)c2)n1. The molecule has 1 heterocycles. The first-order chi connectivity index (χ1) is 11.6. The molecule has 1 aromatic heterocycles. The fourth-order valence-electron chi connectivity index (χ4n) is 1.85. The van der Waals surface area contributed by atoms with E-state index in [-0.39, 0.29) is 28.3 Å². The molecule has 0 radical (unpaired) electrons. The number of nitrogens with one attached hydrogen (secondary N) is 1. The van der Waals surface area contributed by atoms with Crippen LogP contribution in [0.3, 0.4) is 0 Å². The molecule has 0 saturated heterocycles. The van der Waals surface area contributed by atoms with Gasteiger partial charge in [0.2, 0.25) is 0 Å². The van der Waals surface area contributed by atoms with Crippen LogP contribution in [0.1, 0.15) is 40.3 Å². The predicted octanol–water partition coefficient (Wildman–Crippen LogP) is 3.89. The molecule has 0 unspecified atom stereocenters. The first-order valence-electron chi connectivity index (χ1n) is 7.31. The number of thiazole rings is 1. The molecular weight excluding hydrogens is 355 g/mol. The molecule has 1 aromatic carbocycles. The van der Waals surface area contributed by atoms with Crippen LogP contribution in [0.2, 0.25) is 0 Å². The van der Waals surface area contributed by atoms with E-state index in [1.54, 1.807) is 7.05 Å². The molecule has 1 N–H and O–H groups in total. The van der Waals surface area contributed by atoms with E-state index in [2.05, 4.69) is 10.3 Å². The monoisotopic (exact) mass is 371 g/mol. The quantitative estimate of drug-likeness (QED) is 0.887. The maximum Gasteiger partial charge on any atom is 0.416 e. The largest absolute Gasteiger partial charge is 0.416 e. The zero-order valence-electron chi connectivity index (χ0n) is 13.7. The lowest BCUT2D eigenvalue weighted by Gasteiger charge is -2.19. The van der Waals surface area contributed by atoms with Gasteiger partial charge in [-0.2, -0.15) is 13.2 Å². The van der Waals surface area contributed by atoms with Crippen LogP contribution in [0.15, 0.2) is 29.6 Å². The van der Waals surface area contributed by atoms with Crippen LogP contribution in [0.5, 0.6) is 0 Å². The maximum atomic E-state index is 12.7. The van der Waals surface area contributed by atoms with E-state index in [0.29, 0.717) is 0 Å². The van der Waals surface area contributed by atoms with Crippen LogP contribution < -0.4 is 5.32 Å². The summed E-state index contributed by atoms with van der Waals surface area (Å²) in [6.45, 7) is 3.70. The van der Waals surface area contributed by atoms with Gasteiger partial charge in [-0.05, 0) is 32.0 Å². The third-order valence-electron chi connectivity index (χ3n) is 3.49. The van der Waals surface area contributed by atoms with Gasteiger partial charge in [-0.3, -0.25) is 14.9 Å². The summed E-state index contributed by atoms with van der Waals surface area (Å²) < 4.78 is 38.1. The molecule has 0 spiro atoms. The number of amides is 2. The van der Waals surface area contributed by atoms with Gasteiger partial charge in [-0.25, -0.2) is 4.98 Å². The van der Waals surface area contributed by atoms with Crippen molar-refractivity contribution in [1.82, 2.24) is 9.88 Å². The highest BCUT2D eigenvalue weighted by molar-refractivity contribution is 7.14. The number of anilines is 1. The minimum atomic E-state index is -4.53. The van der Waals surface area contributed by atoms with Crippen molar-refractivity contribution in [3.05, 3.63) is 46.5 Å². The Morgan fingerprint density at radius 3 is 2.56 bits per heavy atom. The third kappa shape index (κ3) is 4.56. The van der Waals surface area contributed by atoms with E-state index in [9.17, 15) is 22.8 Å². The number of carbonyl (C=O) groups is 2. The number of hydrogen-bond acceptors (Lipinski definition) is 4. The van der Waals surface area contributed by atoms with Crippen molar-refractivity contribution in [2.45, 2.75) is 26.1 Å². The first kappa shape index (κ1) is 18.9. The zero-order valence-corrected chi connectivity index (χ0v) is 14.5. The van der Waals surface area contributed by atoms with Gasteiger partial charge in [0.25, 0.3) is 11.8 Å². The number of rotatable bonds is 4. The van der Waals surface area contributed by atoms with E-state index < -0.39 is 17.6 Å². The lowest BCUT2D eigenvalue weighted by molar-refractivity contribution is -0.137. The van der Waals surface area contributed by atoms with Gasteiger partial charge >= 0.3 is 6.18 Å². The van der Waals surface area contributed by atoms with Crippen LogP contribution in [0, 0.1) is 0 Å². The van der Waals surface area contributed by atoms with Gasteiger partial charge in [0, 0.05) is 24.0 Å². The molecule has 2 rings (SSSR count). The minimum absolute atomic E-state index is 0.0163. The van der Waals surface area contributed by atoms with Crippen molar-refractivity contribution >= 4 is 28.3 Å². The van der Waals surface area contributed by atoms with Gasteiger partial charge in [-0.15, -0.1) is 11.3 Å². The highest BCUT2D eigenvalue weighted by Crippen LogP contribution is 2.29. The fourth-order valence-corrected chi connectivity index (χ4v) is 2.53. The maximum absolute atomic E-state index is 12.7. The molecule has 9 heteroatoms. The first-order valence-corrected chi connectivity index (χ1v) is 8.19. The lowest BCUT2D eigenvalue weighted by atomic mass is 10.1. The molecular formula is C16H16F3N3O2S. The van der Waals surface area contributed by atoms with E-state index in [1.807, 2.05) is 13.8 Å². The number of aromatic nitrogens is 1. The summed E-state index contributed by atoms with van der Waals surface area (Å²) >= 11 is 1.03. The van der Waals surface area contributed by atoms with E-state index in [1.165, 1.54) is 16.3 Å². The molecule has 134 valence electrons. The van der Waals surface area contributed by atoms with Crippen molar-refractivity contribution in [3.63, 3.8) is 0 Å². The van der Waals surface area contributed by atoms with Gasteiger partial charge in [0.05, 0.1) is 5.56 Å². The summed E-state index contributed by atoms with van der Waals surface area (Å²) in [4.78, 5) is 29.8. The number of carbonyl (C=O) groups excluding carboxylic acids is 2. The van der Waals surface area contributed by atoms with Gasteiger partial charge in [-0.1, -0.05) is 6.07 Å². The fraction of sp³-hybridized carbons (Fsp3) is 0.312. The standard InChI is InChI=1S/C16H16F3N3O2S/c1-9(2)22(3)14(24)12-8-25-15(20-12)21-13(23)10-5-4-6-11(7-10)16(17,18)19/h4-9H,1-3H3,(H,20,21,23). The van der Waals surface area contributed by atoms with E-state index in [0.717, 1.165) is 29.5 Å².